The van der Waals surface area contributed by atoms with Gasteiger partial charge in [-0.1, -0.05) is 0 Å². The van der Waals surface area contributed by atoms with Crippen LogP contribution in [0.4, 0.5) is 0 Å². The van der Waals surface area contributed by atoms with E-state index in [1.807, 2.05) is 0 Å². The summed E-state index contributed by atoms with van der Waals surface area (Å²) >= 11 is 0. The molecule has 0 aliphatic carbocycles. The number of carbonyl (C=O) groups excluding carboxylic acids is 1. The highest BCUT2D eigenvalue weighted by Gasteiger charge is 2.10. The summed E-state index contributed by atoms with van der Waals surface area (Å²) in [6.07, 6.45) is 1.54. The number of carboxylic acids is 1. The Morgan fingerprint density at radius 1 is 1.69 bits per heavy atom. The number of carbonyl (C=O) groups is 2. The summed E-state index contributed by atoms with van der Waals surface area (Å²) in [5.41, 5.74) is 1.58. The maximum Gasteiger partial charge on any atom is 0.394 e. The predicted octanol–water partition coefficient (Wildman–Crippen LogP) is -0.581. The number of aryl methyl sites for hydroxylation is 1. The average molecular weight is 183 g/mol. The molecule has 0 aliphatic heterocycles. The minimum atomic E-state index is -1.49. The number of hydrogen-bond donors (Lipinski definition) is 3. The Hall–Kier alpha value is -1.85. The van der Waals surface area contributed by atoms with Crippen molar-refractivity contribution in [2.24, 2.45) is 0 Å². The Morgan fingerprint density at radius 3 is 2.85 bits per heavy atom. The maximum absolute atomic E-state index is 10.6. The molecule has 0 saturated heterocycles. The fourth-order valence-electron chi connectivity index (χ4n) is 0.805. The summed E-state index contributed by atoms with van der Waals surface area (Å²) in [4.78, 5) is 20.7. The fourth-order valence-corrected chi connectivity index (χ4v) is 0.805. The van der Waals surface area contributed by atoms with Crippen LogP contribution in [0, 0.1) is 6.92 Å². The lowest BCUT2D eigenvalue weighted by Gasteiger charge is -1.99. The number of carboxylic acid groups (broad SMARTS) is 1. The second-order valence-corrected chi connectivity index (χ2v) is 2.51. The molecule has 1 rings (SSSR count). The molecule has 1 aromatic rings. The van der Waals surface area contributed by atoms with E-state index in [0.717, 1.165) is 11.3 Å². The van der Waals surface area contributed by atoms with Crippen molar-refractivity contribution in [2.75, 3.05) is 0 Å². The molecule has 0 radical (unpaired) electrons. The summed E-state index contributed by atoms with van der Waals surface area (Å²) in [6.45, 7) is 1.96. The van der Waals surface area contributed by atoms with E-state index < -0.39 is 11.9 Å². The minimum Gasteiger partial charge on any atom is -0.474 e. The van der Waals surface area contributed by atoms with Gasteiger partial charge in [0.05, 0.1) is 6.20 Å². The van der Waals surface area contributed by atoms with Crippen molar-refractivity contribution >= 4 is 11.9 Å². The van der Waals surface area contributed by atoms with Crippen LogP contribution in [-0.2, 0) is 16.1 Å². The van der Waals surface area contributed by atoms with Gasteiger partial charge < -0.3 is 10.4 Å². The summed E-state index contributed by atoms with van der Waals surface area (Å²) in [7, 11) is 0. The first-order chi connectivity index (χ1) is 6.11. The van der Waals surface area contributed by atoms with Crippen LogP contribution in [0.3, 0.4) is 0 Å². The molecule has 0 atom stereocenters. The molecule has 0 bridgehead atoms. The fraction of sp³-hybridized carbons (Fsp3) is 0.286. The van der Waals surface area contributed by atoms with E-state index in [2.05, 4.69) is 15.5 Å². The Balaban J connectivity index is 2.48. The van der Waals surface area contributed by atoms with Gasteiger partial charge in [0.15, 0.2) is 0 Å². The van der Waals surface area contributed by atoms with Crippen LogP contribution >= 0.6 is 0 Å². The largest absolute Gasteiger partial charge is 0.474 e. The van der Waals surface area contributed by atoms with Gasteiger partial charge in [-0.05, 0) is 6.92 Å². The van der Waals surface area contributed by atoms with Crippen molar-refractivity contribution in [2.45, 2.75) is 13.5 Å². The molecule has 0 saturated carbocycles. The van der Waals surface area contributed by atoms with Gasteiger partial charge in [0.2, 0.25) is 0 Å². The van der Waals surface area contributed by atoms with Gasteiger partial charge in [-0.3, -0.25) is 9.89 Å². The van der Waals surface area contributed by atoms with E-state index in [1.165, 1.54) is 6.20 Å². The molecule has 70 valence electrons. The Bertz CT molecular complexity index is 331. The van der Waals surface area contributed by atoms with Gasteiger partial charge in [-0.15, -0.1) is 0 Å². The lowest BCUT2D eigenvalue weighted by atomic mass is 10.2. The molecule has 1 amide bonds. The van der Waals surface area contributed by atoms with Gasteiger partial charge in [-0.2, -0.15) is 5.10 Å². The Morgan fingerprint density at radius 2 is 2.38 bits per heavy atom. The zero-order valence-electron chi connectivity index (χ0n) is 7.00. The number of hydrogen-bond acceptors (Lipinski definition) is 3. The van der Waals surface area contributed by atoms with E-state index in [4.69, 9.17) is 5.11 Å². The normalized spacial score (nSPS) is 9.62. The number of rotatable bonds is 2. The molecule has 6 heteroatoms. The van der Waals surface area contributed by atoms with Crippen LogP contribution in [0.1, 0.15) is 11.3 Å². The summed E-state index contributed by atoms with van der Waals surface area (Å²) in [5.74, 6) is -2.50. The van der Waals surface area contributed by atoms with Crippen molar-refractivity contribution in [1.82, 2.24) is 15.5 Å². The third kappa shape index (κ3) is 2.29. The molecule has 3 N–H and O–H groups in total. The topological polar surface area (TPSA) is 95.1 Å². The van der Waals surface area contributed by atoms with Crippen molar-refractivity contribution in [3.63, 3.8) is 0 Å². The molecule has 13 heavy (non-hydrogen) atoms. The number of aliphatic carboxylic acids is 1. The highest BCUT2D eigenvalue weighted by atomic mass is 16.4. The third-order valence-corrected chi connectivity index (χ3v) is 1.57. The molecule has 0 aromatic carbocycles. The lowest BCUT2D eigenvalue weighted by molar-refractivity contribution is -0.150. The van der Waals surface area contributed by atoms with Crippen LogP contribution < -0.4 is 5.32 Å². The lowest BCUT2D eigenvalue weighted by Crippen LogP contribution is -2.30. The minimum absolute atomic E-state index is 0.174. The molecule has 0 unspecified atom stereocenters. The van der Waals surface area contributed by atoms with Gasteiger partial charge >= 0.3 is 11.9 Å². The molecular weight excluding hydrogens is 174 g/mol. The summed E-state index contributed by atoms with van der Waals surface area (Å²) in [5, 5.41) is 16.9. The highest BCUT2D eigenvalue weighted by Crippen LogP contribution is 2.00. The molecule has 1 aromatic heterocycles. The zero-order valence-corrected chi connectivity index (χ0v) is 7.00. The average Bonchev–Trinajstić information content (AvgIpc) is 2.47. The number of H-pyrrole nitrogens is 1. The number of aromatic nitrogens is 2. The Kier molecular flexibility index (Phi) is 2.63. The Labute approximate surface area is 74.0 Å². The number of nitrogens with one attached hydrogen (secondary N) is 2. The molecule has 6 nitrogen and oxygen atoms in total. The standard InChI is InChI=1S/C7H9N3O3/c1-4-5(3-9-10-4)2-8-6(11)7(12)13/h3H,2H2,1H3,(H,8,11)(H,9,10)(H,12,13). The number of amides is 1. The van der Waals surface area contributed by atoms with E-state index in [0.29, 0.717) is 0 Å². The van der Waals surface area contributed by atoms with Crippen LogP contribution in [0.25, 0.3) is 0 Å². The predicted molar refractivity (Wildman–Crippen MR) is 42.8 cm³/mol. The molecule has 0 aliphatic rings. The van der Waals surface area contributed by atoms with Crippen molar-refractivity contribution in [3.05, 3.63) is 17.5 Å². The van der Waals surface area contributed by atoms with Crippen molar-refractivity contribution < 1.29 is 14.7 Å². The third-order valence-electron chi connectivity index (χ3n) is 1.57. The van der Waals surface area contributed by atoms with Crippen LogP contribution in [0.15, 0.2) is 6.20 Å². The van der Waals surface area contributed by atoms with Gasteiger partial charge in [0, 0.05) is 17.8 Å². The van der Waals surface area contributed by atoms with Crippen LogP contribution in [0.5, 0.6) is 0 Å². The molecule has 0 fully saturated rings. The number of nitrogens with zero attached hydrogens (tertiary/aromatic N) is 1. The zero-order chi connectivity index (χ0) is 9.84. The number of aromatic amines is 1. The molecule has 0 spiro atoms. The first kappa shape index (κ1) is 9.24. The van der Waals surface area contributed by atoms with Crippen molar-refractivity contribution in [3.8, 4) is 0 Å². The summed E-state index contributed by atoms with van der Waals surface area (Å²) in [6, 6.07) is 0. The SMILES string of the molecule is Cc1[nH]ncc1CNC(=O)C(=O)O. The van der Waals surface area contributed by atoms with E-state index >= 15 is 0 Å². The van der Waals surface area contributed by atoms with Crippen molar-refractivity contribution in [1.29, 1.82) is 0 Å². The second-order valence-electron chi connectivity index (χ2n) is 2.51. The van der Waals surface area contributed by atoms with Gasteiger partial charge in [-0.25, -0.2) is 4.79 Å². The van der Waals surface area contributed by atoms with Crippen LogP contribution in [-0.4, -0.2) is 27.2 Å². The van der Waals surface area contributed by atoms with E-state index in [-0.39, 0.29) is 6.54 Å². The van der Waals surface area contributed by atoms with E-state index in [9.17, 15) is 9.59 Å². The van der Waals surface area contributed by atoms with Crippen LogP contribution in [0.2, 0.25) is 0 Å². The monoisotopic (exact) mass is 183 g/mol. The smallest absolute Gasteiger partial charge is 0.394 e. The molecule has 1 heterocycles. The van der Waals surface area contributed by atoms with Gasteiger partial charge in [0.25, 0.3) is 0 Å². The first-order valence-electron chi connectivity index (χ1n) is 3.61. The summed E-state index contributed by atoms with van der Waals surface area (Å²) < 4.78 is 0. The quantitative estimate of drug-likeness (QED) is 0.534. The van der Waals surface area contributed by atoms with Gasteiger partial charge in [0.1, 0.15) is 0 Å². The second kappa shape index (κ2) is 3.70. The highest BCUT2D eigenvalue weighted by molar-refractivity contribution is 6.31. The van der Waals surface area contributed by atoms with E-state index in [1.54, 1.807) is 6.92 Å². The maximum atomic E-state index is 10.6. The first-order valence-corrected chi connectivity index (χ1v) is 3.61. The molecular formula is C7H9N3O3.